The predicted octanol–water partition coefficient (Wildman–Crippen LogP) is 1.87. The molecular formula is C11H8BrFO3. The number of halogens is 2. The van der Waals surface area contributed by atoms with Crippen molar-refractivity contribution in [2.45, 2.75) is 6.42 Å². The van der Waals surface area contributed by atoms with Crippen LogP contribution in [0, 0.1) is 11.7 Å². The Hall–Kier alpha value is -1.23. The van der Waals surface area contributed by atoms with Gasteiger partial charge in [-0.05, 0) is 18.1 Å². The molecule has 1 aromatic carbocycles. The van der Waals surface area contributed by atoms with Gasteiger partial charge in [0, 0.05) is 6.07 Å². The third-order valence-corrected chi connectivity index (χ3v) is 3.02. The highest BCUT2D eigenvalue weighted by molar-refractivity contribution is 9.09. The van der Waals surface area contributed by atoms with Crippen molar-refractivity contribution in [3.63, 3.8) is 0 Å². The highest BCUT2D eigenvalue weighted by Crippen LogP contribution is 2.29. The lowest BCUT2D eigenvalue weighted by molar-refractivity contribution is -0.144. The summed E-state index contributed by atoms with van der Waals surface area (Å²) in [4.78, 5) is 22.9. The molecule has 0 N–H and O–H groups in total. The number of ketones is 1. The van der Waals surface area contributed by atoms with E-state index in [1.54, 1.807) is 0 Å². The molecule has 1 heterocycles. The molecule has 0 bridgehead atoms. The van der Waals surface area contributed by atoms with E-state index in [0.717, 1.165) is 6.07 Å². The molecular weight excluding hydrogens is 279 g/mol. The third-order valence-electron chi connectivity index (χ3n) is 2.47. The van der Waals surface area contributed by atoms with Crippen LogP contribution >= 0.6 is 15.9 Å². The fourth-order valence-electron chi connectivity index (χ4n) is 1.61. The summed E-state index contributed by atoms with van der Waals surface area (Å²) in [7, 11) is 0. The average molecular weight is 287 g/mol. The zero-order chi connectivity index (χ0) is 11.7. The molecule has 0 aliphatic carbocycles. The third kappa shape index (κ3) is 2.00. The van der Waals surface area contributed by atoms with Crippen molar-refractivity contribution in [1.82, 2.24) is 0 Å². The Kier molecular flexibility index (Phi) is 3.05. The Morgan fingerprint density at radius 2 is 2.31 bits per heavy atom. The van der Waals surface area contributed by atoms with Gasteiger partial charge in [-0.25, -0.2) is 4.39 Å². The monoisotopic (exact) mass is 286 g/mol. The van der Waals surface area contributed by atoms with Gasteiger partial charge in [-0.2, -0.15) is 0 Å². The van der Waals surface area contributed by atoms with Crippen molar-refractivity contribution in [2.24, 2.45) is 5.92 Å². The van der Waals surface area contributed by atoms with Crippen molar-refractivity contribution >= 4 is 27.7 Å². The molecule has 0 fully saturated rings. The standard InChI is InChI=1S/C11H8BrFO3/c12-5-9(14)8-3-6-1-2-7(13)4-10(6)16-11(8)15/h1-2,4,8H,3,5H2. The molecule has 1 atom stereocenters. The van der Waals surface area contributed by atoms with Gasteiger partial charge in [0.25, 0.3) is 0 Å². The van der Waals surface area contributed by atoms with Crippen LogP contribution in [0.15, 0.2) is 18.2 Å². The summed E-state index contributed by atoms with van der Waals surface area (Å²) >= 11 is 3.01. The molecule has 1 aromatic rings. The highest BCUT2D eigenvalue weighted by Gasteiger charge is 2.33. The number of Topliss-reactive ketones (excluding diaryl/α,β-unsaturated/α-hetero) is 1. The van der Waals surface area contributed by atoms with E-state index in [4.69, 9.17) is 4.74 Å². The topological polar surface area (TPSA) is 43.4 Å². The summed E-state index contributed by atoms with van der Waals surface area (Å²) in [5.74, 6) is -1.86. The van der Waals surface area contributed by atoms with Crippen molar-refractivity contribution in [3.8, 4) is 5.75 Å². The number of hydrogen-bond donors (Lipinski definition) is 0. The van der Waals surface area contributed by atoms with Gasteiger partial charge in [0.05, 0.1) is 5.33 Å². The second-order valence-electron chi connectivity index (χ2n) is 3.53. The van der Waals surface area contributed by atoms with E-state index < -0.39 is 17.7 Å². The highest BCUT2D eigenvalue weighted by atomic mass is 79.9. The molecule has 16 heavy (non-hydrogen) atoms. The maximum absolute atomic E-state index is 12.9. The van der Waals surface area contributed by atoms with E-state index in [0.29, 0.717) is 5.56 Å². The van der Waals surface area contributed by atoms with E-state index in [9.17, 15) is 14.0 Å². The van der Waals surface area contributed by atoms with Crippen LogP contribution in [-0.4, -0.2) is 17.1 Å². The summed E-state index contributed by atoms with van der Waals surface area (Å²) in [5, 5.41) is 0.114. The summed E-state index contributed by atoms with van der Waals surface area (Å²) < 4.78 is 17.8. The summed E-state index contributed by atoms with van der Waals surface area (Å²) in [6, 6.07) is 3.97. The van der Waals surface area contributed by atoms with E-state index in [-0.39, 0.29) is 23.3 Å². The first-order chi connectivity index (χ1) is 7.61. The molecule has 3 nitrogen and oxygen atoms in total. The molecule has 0 amide bonds. The lowest BCUT2D eigenvalue weighted by Crippen LogP contribution is -2.34. The molecule has 84 valence electrons. The van der Waals surface area contributed by atoms with Crippen LogP contribution in [0.3, 0.4) is 0 Å². The van der Waals surface area contributed by atoms with E-state index >= 15 is 0 Å². The van der Waals surface area contributed by atoms with Gasteiger partial charge in [0.2, 0.25) is 0 Å². The fourth-order valence-corrected chi connectivity index (χ4v) is 2.00. The Morgan fingerprint density at radius 3 is 3.00 bits per heavy atom. The van der Waals surface area contributed by atoms with Crippen LogP contribution in [0.25, 0.3) is 0 Å². The number of fused-ring (bicyclic) bond motifs is 1. The van der Waals surface area contributed by atoms with Gasteiger partial charge < -0.3 is 4.74 Å². The van der Waals surface area contributed by atoms with Gasteiger partial charge in [-0.1, -0.05) is 22.0 Å². The van der Waals surface area contributed by atoms with Crippen LogP contribution in [0.4, 0.5) is 4.39 Å². The largest absolute Gasteiger partial charge is 0.426 e. The quantitative estimate of drug-likeness (QED) is 0.361. The first kappa shape index (κ1) is 11.3. The Labute approximate surface area is 99.7 Å². The van der Waals surface area contributed by atoms with E-state index in [1.807, 2.05) is 0 Å². The van der Waals surface area contributed by atoms with Gasteiger partial charge in [-0.3, -0.25) is 9.59 Å². The number of ether oxygens (including phenoxy) is 1. The van der Waals surface area contributed by atoms with Crippen LogP contribution < -0.4 is 4.74 Å². The van der Waals surface area contributed by atoms with Gasteiger partial charge in [0.15, 0.2) is 5.78 Å². The van der Waals surface area contributed by atoms with Crippen LogP contribution in [0.2, 0.25) is 0 Å². The molecule has 1 aliphatic heterocycles. The number of carbonyl (C=O) groups excluding carboxylic acids is 2. The second kappa shape index (κ2) is 4.33. The van der Waals surface area contributed by atoms with Gasteiger partial charge in [0.1, 0.15) is 17.5 Å². The van der Waals surface area contributed by atoms with Crippen molar-refractivity contribution in [1.29, 1.82) is 0 Å². The Bertz CT molecular complexity index is 459. The lowest BCUT2D eigenvalue weighted by Gasteiger charge is -2.21. The first-order valence-corrected chi connectivity index (χ1v) is 5.82. The second-order valence-corrected chi connectivity index (χ2v) is 4.09. The Morgan fingerprint density at radius 1 is 1.56 bits per heavy atom. The molecule has 2 rings (SSSR count). The predicted molar refractivity (Wildman–Crippen MR) is 58.0 cm³/mol. The zero-order valence-corrected chi connectivity index (χ0v) is 9.79. The summed E-state index contributed by atoms with van der Waals surface area (Å²) in [6.07, 6.45) is 0.277. The molecule has 5 heteroatoms. The Balaban J connectivity index is 2.32. The van der Waals surface area contributed by atoms with E-state index in [1.165, 1.54) is 12.1 Å². The van der Waals surface area contributed by atoms with Gasteiger partial charge in [-0.15, -0.1) is 0 Å². The van der Waals surface area contributed by atoms with Crippen molar-refractivity contribution < 1.29 is 18.7 Å². The maximum Gasteiger partial charge on any atom is 0.322 e. The lowest BCUT2D eigenvalue weighted by atomic mass is 9.93. The number of benzene rings is 1. The van der Waals surface area contributed by atoms with Crippen LogP contribution in [0.5, 0.6) is 5.75 Å². The fraction of sp³-hybridized carbons (Fsp3) is 0.273. The molecule has 0 saturated heterocycles. The van der Waals surface area contributed by atoms with Crippen molar-refractivity contribution in [3.05, 3.63) is 29.6 Å². The minimum Gasteiger partial charge on any atom is -0.426 e. The molecule has 0 spiro atoms. The maximum atomic E-state index is 12.9. The normalized spacial score (nSPS) is 18.9. The molecule has 0 aromatic heterocycles. The zero-order valence-electron chi connectivity index (χ0n) is 8.20. The molecule has 1 aliphatic rings. The number of hydrogen-bond acceptors (Lipinski definition) is 3. The van der Waals surface area contributed by atoms with Crippen molar-refractivity contribution in [2.75, 3.05) is 5.33 Å². The smallest absolute Gasteiger partial charge is 0.322 e. The number of carbonyl (C=O) groups is 2. The first-order valence-electron chi connectivity index (χ1n) is 4.70. The minimum atomic E-state index is -0.780. The minimum absolute atomic E-state index is 0.114. The van der Waals surface area contributed by atoms with Gasteiger partial charge >= 0.3 is 5.97 Å². The van der Waals surface area contributed by atoms with E-state index in [2.05, 4.69) is 15.9 Å². The van der Waals surface area contributed by atoms with Crippen LogP contribution in [-0.2, 0) is 16.0 Å². The number of esters is 1. The average Bonchev–Trinajstić information content (AvgIpc) is 2.27. The number of alkyl halides is 1. The number of rotatable bonds is 2. The SMILES string of the molecule is O=C(CBr)C1Cc2ccc(F)cc2OC1=O. The molecule has 0 radical (unpaired) electrons. The molecule has 0 saturated carbocycles. The molecule has 1 unspecified atom stereocenters. The summed E-state index contributed by atoms with van der Waals surface area (Å²) in [6.45, 7) is 0. The summed E-state index contributed by atoms with van der Waals surface area (Å²) in [5.41, 5.74) is 0.681. The van der Waals surface area contributed by atoms with Crippen LogP contribution in [0.1, 0.15) is 5.56 Å².